The molecule has 0 aromatic heterocycles. The lowest BCUT2D eigenvalue weighted by molar-refractivity contribution is 0.112. The van der Waals surface area contributed by atoms with E-state index < -0.39 is 0 Å². The Kier molecular flexibility index (Phi) is 4.22. The summed E-state index contributed by atoms with van der Waals surface area (Å²) < 4.78 is 10.9. The largest absolute Gasteiger partial charge is 0.454 e. The lowest BCUT2D eigenvalue weighted by Gasteiger charge is -2.38. The Morgan fingerprint density at radius 1 is 1.00 bits per heavy atom. The molecule has 1 N–H and O–H groups in total. The molecule has 1 fully saturated rings. The standard InChI is InChI=1S/C21H23N3O3/c25-22-18-12-16-3-1-2-4-17(16)21(18)24-9-7-23(8-10-24)13-15-5-6-19-20(11-15)27-14-26-19/h1-6,11,21,25H,7-10,12-14H2/b22-18-/t21-/m0/s1. The van der Waals surface area contributed by atoms with Crippen LogP contribution in [0.15, 0.2) is 47.6 Å². The Bertz CT molecular complexity index is 875. The third-order valence-corrected chi connectivity index (χ3v) is 5.78. The summed E-state index contributed by atoms with van der Waals surface area (Å²) >= 11 is 0. The minimum atomic E-state index is 0.110. The van der Waals surface area contributed by atoms with Gasteiger partial charge in [0.25, 0.3) is 0 Å². The normalized spacial score (nSPS) is 23.7. The maximum atomic E-state index is 9.49. The summed E-state index contributed by atoms with van der Waals surface area (Å²) in [6.07, 6.45) is 0.745. The van der Waals surface area contributed by atoms with Crippen molar-refractivity contribution in [1.82, 2.24) is 9.80 Å². The van der Waals surface area contributed by atoms with Crippen molar-refractivity contribution in [1.29, 1.82) is 0 Å². The molecule has 1 atom stereocenters. The maximum absolute atomic E-state index is 9.49. The molecule has 2 aliphatic heterocycles. The van der Waals surface area contributed by atoms with Gasteiger partial charge in [0.15, 0.2) is 11.5 Å². The lowest BCUT2D eigenvalue weighted by Crippen LogP contribution is -2.48. The summed E-state index contributed by atoms with van der Waals surface area (Å²) in [5.74, 6) is 1.68. The van der Waals surface area contributed by atoms with Crippen LogP contribution in [0.2, 0.25) is 0 Å². The number of rotatable bonds is 3. The van der Waals surface area contributed by atoms with E-state index in [1.807, 2.05) is 6.07 Å². The van der Waals surface area contributed by atoms with Gasteiger partial charge in [-0.05, 0) is 28.8 Å². The van der Waals surface area contributed by atoms with Gasteiger partial charge >= 0.3 is 0 Å². The van der Waals surface area contributed by atoms with Gasteiger partial charge in [-0.15, -0.1) is 0 Å². The molecule has 2 heterocycles. The molecule has 0 bridgehead atoms. The van der Waals surface area contributed by atoms with Crippen LogP contribution >= 0.6 is 0 Å². The molecule has 2 aromatic carbocycles. The molecule has 140 valence electrons. The first kappa shape index (κ1) is 16.6. The van der Waals surface area contributed by atoms with E-state index in [4.69, 9.17) is 9.47 Å². The molecular formula is C21H23N3O3. The Labute approximate surface area is 158 Å². The van der Waals surface area contributed by atoms with E-state index in [1.165, 1.54) is 16.7 Å². The average molecular weight is 365 g/mol. The summed E-state index contributed by atoms with van der Waals surface area (Å²) in [5.41, 5.74) is 4.67. The first-order valence-electron chi connectivity index (χ1n) is 9.45. The maximum Gasteiger partial charge on any atom is 0.231 e. The van der Waals surface area contributed by atoms with E-state index in [-0.39, 0.29) is 6.04 Å². The van der Waals surface area contributed by atoms with E-state index in [0.29, 0.717) is 6.79 Å². The molecule has 0 radical (unpaired) electrons. The van der Waals surface area contributed by atoms with Crippen molar-refractivity contribution in [2.75, 3.05) is 33.0 Å². The van der Waals surface area contributed by atoms with Crippen molar-refractivity contribution in [3.8, 4) is 11.5 Å². The van der Waals surface area contributed by atoms with Crippen LogP contribution in [0.1, 0.15) is 22.7 Å². The van der Waals surface area contributed by atoms with Gasteiger partial charge in [0.05, 0.1) is 11.8 Å². The summed E-state index contributed by atoms with van der Waals surface area (Å²) in [4.78, 5) is 4.90. The van der Waals surface area contributed by atoms with Gasteiger partial charge in [-0.25, -0.2) is 0 Å². The number of fused-ring (bicyclic) bond motifs is 2. The highest BCUT2D eigenvalue weighted by atomic mass is 16.7. The fourth-order valence-electron chi connectivity index (χ4n) is 4.41. The van der Waals surface area contributed by atoms with E-state index >= 15 is 0 Å². The molecule has 0 unspecified atom stereocenters. The minimum Gasteiger partial charge on any atom is -0.454 e. The van der Waals surface area contributed by atoms with Crippen LogP contribution < -0.4 is 9.47 Å². The van der Waals surface area contributed by atoms with Crippen LogP contribution in [0.4, 0.5) is 0 Å². The third kappa shape index (κ3) is 3.05. The molecule has 6 nitrogen and oxygen atoms in total. The van der Waals surface area contributed by atoms with Gasteiger partial charge in [-0.1, -0.05) is 35.5 Å². The third-order valence-electron chi connectivity index (χ3n) is 5.78. The zero-order valence-electron chi connectivity index (χ0n) is 15.2. The van der Waals surface area contributed by atoms with Gasteiger partial charge in [0.2, 0.25) is 6.79 Å². The van der Waals surface area contributed by atoms with Crippen molar-refractivity contribution in [2.45, 2.75) is 19.0 Å². The van der Waals surface area contributed by atoms with Gasteiger partial charge in [-0.3, -0.25) is 9.80 Å². The number of ether oxygens (including phenoxy) is 2. The monoisotopic (exact) mass is 365 g/mol. The first-order valence-corrected chi connectivity index (χ1v) is 9.45. The first-order chi connectivity index (χ1) is 13.3. The van der Waals surface area contributed by atoms with Crippen LogP contribution in [0, 0.1) is 0 Å². The van der Waals surface area contributed by atoms with Gasteiger partial charge in [0, 0.05) is 39.1 Å². The van der Waals surface area contributed by atoms with Gasteiger partial charge < -0.3 is 14.7 Å². The summed E-state index contributed by atoms with van der Waals surface area (Å²) in [5, 5.41) is 13.1. The predicted molar refractivity (Wildman–Crippen MR) is 102 cm³/mol. The Hall–Kier alpha value is -2.57. The van der Waals surface area contributed by atoms with E-state index in [0.717, 1.165) is 56.4 Å². The van der Waals surface area contributed by atoms with E-state index in [9.17, 15) is 5.21 Å². The van der Waals surface area contributed by atoms with E-state index in [1.54, 1.807) is 0 Å². The number of oxime groups is 1. The number of benzene rings is 2. The van der Waals surface area contributed by atoms with Crippen molar-refractivity contribution < 1.29 is 14.7 Å². The second-order valence-corrected chi connectivity index (χ2v) is 7.37. The molecule has 1 aliphatic carbocycles. The van der Waals surface area contributed by atoms with Crippen LogP contribution in [-0.2, 0) is 13.0 Å². The van der Waals surface area contributed by atoms with Crippen molar-refractivity contribution >= 4 is 5.71 Å². The molecular weight excluding hydrogens is 342 g/mol. The summed E-state index contributed by atoms with van der Waals surface area (Å²) in [6, 6.07) is 14.7. The van der Waals surface area contributed by atoms with Crippen LogP contribution in [-0.4, -0.2) is 53.7 Å². The van der Waals surface area contributed by atoms with Crippen molar-refractivity contribution in [3.05, 3.63) is 59.2 Å². The molecule has 3 aliphatic rings. The molecule has 6 heteroatoms. The fraction of sp³-hybridized carbons (Fsp3) is 0.381. The second kappa shape index (κ2) is 6.87. The molecule has 27 heavy (non-hydrogen) atoms. The van der Waals surface area contributed by atoms with Crippen molar-refractivity contribution in [2.24, 2.45) is 5.16 Å². The summed E-state index contributed by atoms with van der Waals surface area (Å²) in [7, 11) is 0. The molecule has 2 aromatic rings. The van der Waals surface area contributed by atoms with Gasteiger partial charge in [-0.2, -0.15) is 0 Å². The van der Waals surface area contributed by atoms with Crippen LogP contribution in [0.5, 0.6) is 11.5 Å². The molecule has 0 saturated carbocycles. The fourth-order valence-corrected chi connectivity index (χ4v) is 4.41. The SMILES string of the molecule is O/N=C1/Cc2ccccc2[C@@H]1N1CCN(Cc2ccc3c(c2)OCO3)CC1. The second-order valence-electron chi connectivity index (χ2n) is 7.37. The average Bonchev–Trinajstić information content (AvgIpc) is 3.32. The zero-order valence-corrected chi connectivity index (χ0v) is 15.2. The Morgan fingerprint density at radius 2 is 1.81 bits per heavy atom. The van der Waals surface area contributed by atoms with Gasteiger partial charge in [0.1, 0.15) is 0 Å². The Morgan fingerprint density at radius 3 is 2.67 bits per heavy atom. The minimum absolute atomic E-state index is 0.110. The van der Waals surface area contributed by atoms with Crippen LogP contribution in [0.25, 0.3) is 0 Å². The number of piperazine rings is 1. The highest BCUT2D eigenvalue weighted by Gasteiger charge is 2.35. The molecule has 0 spiro atoms. The van der Waals surface area contributed by atoms with E-state index in [2.05, 4.69) is 51.4 Å². The lowest BCUT2D eigenvalue weighted by atomic mass is 10.1. The zero-order chi connectivity index (χ0) is 18.2. The highest BCUT2D eigenvalue weighted by Crippen LogP contribution is 2.35. The Balaban J connectivity index is 1.25. The van der Waals surface area contributed by atoms with Crippen molar-refractivity contribution in [3.63, 3.8) is 0 Å². The smallest absolute Gasteiger partial charge is 0.231 e. The number of hydrogen-bond donors (Lipinski definition) is 1. The number of hydrogen-bond acceptors (Lipinski definition) is 6. The topological polar surface area (TPSA) is 57.5 Å². The summed E-state index contributed by atoms with van der Waals surface area (Å²) in [6.45, 7) is 5.13. The predicted octanol–water partition coefficient (Wildman–Crippen LogP) is 2.66. The number of nitrogens with zero attached hydrogens (tertiary/aromatic N) is 3. The van der Waals surface area contributed by atoms with Crippen LogP contribution in [0.3, 0.4) is 0 Å². The quantitative estimate of drug-likeness (QED) is 0.669. The molecule has 0 amide bonds. The highest BCUT2D eigenvalue weighted by molar-refractivity contribution is 5.96. The molecule has 5 rings (SSSR count). The molecule has 1 saturated heterocycles.